The van der Waals surface area contributed by atoms with Crippen LogP contribution in [0.5, 0.6) is 11.5 Å². The average Bonchev–Trinajstić information content (AvgIpc) is 3.33. The van der Waals surface area contributed by atoms with Crippen LogP contribution in [0.4, 0.5) is 14.9 Å². The number of carbonyl (C=O) groups is 1. The van der Waals surface area contributed by atoms with E-state index in [4.69, 9.17) is 9.47 Å². The first kappa shape index (κ1) is 18.3. The second-order valence-electron chi connectivity index (χ2n) is 5.83. The molecule has 6 nitrogen and oxygen atoms in total. The Balaban J connectivity index is 1.49. The predicted molar refractivity (Wildman–Crippen MR) is 115 cm³/mol. The zero-order valence-electron chi connectivity index (χ0n) is 15.2. The molecule has 0 fully saturated rings. The number of benzene rings is 2. The van der Waals surface area contributed by atoms with Crippen LogP contribution in [0.25, 0.3) is 21.3 Å². The van der Waals surface area contributed by atoms with Gasteiger partial charge in [-0.25, -0.2) is 9.78 Å². The molecular formula is C20H17N3O3S2. The molecule has 2 N–H and O–H groups in total. The molecule has 0 atom stereocenters. The fourth-order valence-electron chi connectivity index (χ4n) is 2.75. The molecule has 0 saturated carbocycles. The van der Waals surface area contributed by atoms with Crippen LogP contribution in [-0.4, -0.2) is 25.2 Å². The van der Waals surface area contributed by atoms with Gasteiger partial charge in [0.25, 0.3) is 0 Å². The number of nitrogens with one attached hydrogen (secondary N) is 2. The standard InChI is InChI=1S/C20H17N3O3S2/c1-25-13-7-8-16(26-2)14(10-13)15-11-27-20(21-15)23-19(24)22-18-9-12-5-3-4-6-17(12)28-18/h3-11H,1-2H3,(H2,21,22,23,24). The van der Waals surface area contributed by atoms with Crippen LogP contribution in [0.3, 0.4) is 0 Å². The van der Waals surface area contributed by atoms with Crippen LogP contribution >= 0.6 is 22.7 Å². The highest BCUT2D eigenvalue weighted by atomic mass is 32.1. The molecule has 2 aromatic heterocycles. The van der Waals surface area contributed by atoms with E-state index in [1.807, 2.05) is 53.9 Å². The lowest BCUT2D eigenvalue weighted by Crippen LogP contribution is -2.18. The van der Waals surface area contributed by atoms with E-state index in [1.54, 1.807) is 14.2 Å². The maximum Gasteiger partial charge on any atom is 0.326 e. The van der Waals surface area contributed by atoms with E-state index in [0.717, 1.165) is 20.7 Å². The van der Waals surface area contributed by atoms with Crippen LogP contribution < -0.4 is 20.1 Å². The number of ether oxygens (including phenoxy) is 2. The van der Waals surface area contributed by atoms with E-state index >= 15 is 0 Å². The molecule has 0 saturated heterocycles. The Morgan fingerprint density at radius 2 is 1.89 bits per heavy atom. The number of urea groups is 1. The first-order valence-electron chi connectivity index (χ1n) is 8.41. The maximum atomic E-state index is 12.3. The SMILES string of the molecule is COc1ccc(OC)c(-c2csc(NC(=O)Nc3cc4ccccc4s3)n2)c1. The lowest BCUT2D eigenvalue weighted by Gasteiger charge is -2.08. The second-order valence-corrected chi connectivity index (χ2v) is 7.77. The van der Waals surface area contributed by atoms with E-state index in [0.29, 0.717) is 22.3 Å². The molecule has 28 heavy (non-hydrogen) atoms. The number of amides is 2. The lowest BCUT2D eigenvalue weighted by molar-refractivity contribution is 0.262. The number of nitrogens with zero attached hydrogens (tertiary/aromatic N) is 1. The Bertz CT molecular complexity index is 1100. The molecule has 4 rings (SSSR count). The van der Waals surface area contributed by atoms with Crippen molar-refractivity contribution in [3.05, 3.63) is 53.9 Å². The van der Waals surface area contributed by atoms with Gasteiger partial charge in [-0.2, -0.15) is 0 Å². The van der Waals surface area contributed by atoms with Crippen molar-refractivity contribution >= 4 is 48.9 Å². The molecule has 0 bridgehead atoms. The highest BCUT2D eigenvalue weighted by Crippen LogP contribution is 2.35. The minimum absolute atomic E-state index is 0.329. The van der Waals surface area contributed by atoms with Crippen molar-refractivity contribution in [3.8, 4) is 22.8 Å². The van der Waals surface area contributed by atoms with Crippen molar-refractivity contribution in [3.63, 3.8) is 0 Å². The van der Waals surface area contributed by atoms with Gasteiger partial charge in [0, 0.05) is 15.6 Å². The van der Waals surface area contributed by atoms with Gasteiger partial charge in [-0.3, -0.25) is 10.6 Å². The zero-order valence-corrected chi connectivity index (χ0v) is 16.8. The summed E-state index contributed by atoms with van der Waals surface area (Å²) in [5.74, 6) is 1.40. The van der Waals surface area contributed by atoms with E-state index in [9.17, 15) is 4.79 Å². The Labute approximate surface area is 169 Å². The molecule has 0 spiro atoms. The smallest absolute Gasteiger partial charge is 0.326 e. The molecule has 2 amide bonds. The summed E-state index contributed by atoms with van der Waals surface area (Å²) in [4.78, 5) is 16.8. The maximum absolute atomic E-state index is 12.3. The van der Waals surface area contributed by atoms with Crippen molar-refractivity contribution in [2.24, 2.45) is 0 Å². The molecule has 8 heteroatoms. The highest BCUT2D eigenvalue weighted by Gasteiger charge is 2.13. The summed E-state index contributed by atoms with van der Waals surface area (Å²) < 4.78 is 11.8. The third-order valence-corrected chi connectivity index (χ3v) is 5.86. The Kier molecular flexibility index (Phi) is 5.14. The highest BCUT2D eigenvalue weighted by molar-refractivity contribution is 7.23. The van der Waals surface area contributed by atoms with Gasteiger partial charge in [-0.05, 0) is 35.7 Å². The number of carbonyl (C=O) groups excluding carboxylic acids is 1. The Hall–Kier alpha value is -3.10. The van der Waals surface area contributed by atoms with Crippen molar-refractivity contribution in [2.75, 3.05) is 24.9 Å². The minimum atomic E-state index is -0.329. The molecule has 0 aliphatic carbocycles. The third kappa shape index (κ3) is 3.78. The van der Waals surface area contributed by atoms with Gasteiger partial charge in [-0.15, -0.1) is 22.7 Å². The quantitative estimate of drug-likeness (QED) is 0.443. The monoisotopic (exact) mass is 411 g/mol. The number of hydrogen-bond acceptors (Lipinski definition) is 6. The lowest BCUT2D eigenvalue weighted by atomic mass is 10.1. The van der Waals surface area contributed by atoms with Gasteiger partial charge in [0.05, 0.1) is 24.9 Å². The predicted octanol–water partition coefficient (Wildman–Crippen LogP) is 5.69. The van der Waals surface area contributed by atoms with Crippen molar-refractivity contribution in [2.45, 2.75) is 0 Å². The third-order valence-electron chi connectivity index (χ3n) is 4.07. The Morgan fingerprint density at radius 1 is 1.04 bits per heavy atom. The number of methoxy groups -OCH3 is 2. The van der Waals surface area contributed by atoms with Crippen LogP contribution in [0, 0.1) is 0 Å². The van der Waals surface area contributed by atoms with Crippen LogP contribution in [0.2, 0.25) is 0 Å². The van der Waals surface area contributed by atoms with E-state index < -0.39 is 0 Å². The normalized spacial score (nSPS) is 10.6. The topological polar surface area (TPSA) is 72.5 Å². The Morgan fingerprint density at radius 3 is 2.68 bits per heavy atom. The summed E-state index contributed by atoms with van der Waals surface area (Å²) in [6, 6.07) is 15.1. The number of fused-ring (bicyclic) bond motifs is 1. The molecule has 4 aromatic rings. The van der Waals surface area contributed by atoms with Gasteiger partial charge in [0.15, 0.2) is 5.13 Å². The van der Waals surface area contributed by atoms with E-state index in [1.165, 1.54) is 22.7 Å². The second kappa shape index (κ2) is 7.87. The number of aromatic nitrogens is 1. The van der Waals surface area contributed by atoms with Gasteiger partial charge < -0.3 is 9.47 Å². The van der Waals surface area contributed by atoms with Crippen LogP contribution in [0.15, 0.2) is 53.9 Å². The average molecular weight is 412 g/mol. The molecule has 142 valence electrons. The number of rotatable bonds is 5. The summed E-state index contributed by atoms with van der Waals surface area (Å²) in [6.45, 7) is 0. The molecule has 0 aliphatic rings. The number of anilines is 2. The number of hydrogen-bond donors (Lipinski definition) is 2. The first-order chi connectivity index (χ1) is 13.7. The first-order valence-corrected chi connectivity index (χ1v) is 10.1. The fourth-order valence-corrected chi connectivity index (χ4v) is 4.42. The number of thiazole rings is 1. The van der Waals surface area contributed by atoms with Gasteiger partial charge in [-0.1, -0.05) is 18.2 Å². The van der Waals surface area contributed by atoms with Gasteiger partial charge in [0.1, 0.15) is 11.5 Å². The molecule has 0 radical (unpaired) electrons. The molecule has 0 aliphatic heterocycles. The summed E-state index contributed by atoms with van der Waals surface area (Å²) in [5.41, 5.74) is 1.51. The molecule has 2 heterocycles. The largest absolute Gasteiger partial charge is 0.497 e. The summed E-state index contributed by atoms with van der Waals surface area (Å²) in [6.07, 6.45) is 0. The van der Waals surface area contributed by atoms with Gasteiger partial charge in [0.2, 0.25) is 0 Å². The number of thiophene rings is 1. The van der Waals surface area contributed by atoms with E-state index in [-0.39, 0.29) is 6.03 Å². The minimum Gasteiger partial charge on any atom is -0.497 e. The molecule has 2 aromatic carbocycles. The van der Waals surface area contributed by atoms with Crippen molar-refractivity contribution in [1.82, 2.24) is 4.98 Å². The van der Waals surface area contributed by atoms with Gasteiger partial charge >= 0.3 is 6.03 Å². The zero-order chi connectivity index (χ0) is 19.5. The fraction of sp³-hybridized carbons (Fsp3) is 0.100. The summed E-state index contributed by atoms with van der Waals surface area (Å²) >= 11 is 2.87. The summed E-state index contributed by atoms with van der Waals surface area (Å²) in [7, 11) is 3.22. The van der Waals surface area contributed by atoms with Crippen molar-refractivity contribution < 1.29 is 14.3 Å². The van der Waals surface area contributed by atoms with Crippen LogP contribution in [0.1, 0.15) is 0 Å². The van der Waals surface area contributed by atoms with Crippen molar-refractivity contribution in [1.29, 1.82) is 0 Å². The molecular weight excluding hydrogens is 394 g/mol. The summed E-state index contributed by atoms with van der Waals surface area (Å²) in [5, 5.41) is 9.89. The molecule has 0 unspecified atom stereocenters. The van der Waals surface area contributed by atoms with E-state index in [2.05, 4.69) is 15.6 Å². The van der Waals surface area contributed by atoms with Crippen LogP contribution in [-0.2, 0) is 0 Å².